The summed E-state index contributed by atoms with van der Waals surface area (Å²) in [6.45, 7) is 5.90. The second-order valence-electron chi connectivity index (χ2n) is 5.29. The monoisotopic (exact) mass is 251 g/mol. The largest absolute Gasteiger partial charge is 0.300 e. The van der Waals surface area contributed by atoms with Crippen LogP contribution in [0.4, 0.5) is 0 Å². The van der Waals surface area contributed by atoms with E-state index in [1.54, 1.807) is 0 Å². The summed E-state index contributed by atoms with van der Waals surface area (Å²) in [5, 5.41) is 0.806. The molecule has 17 heavy (non-hydrogen) atoms. The van der Waals surface area contributed by atoms with Gasteiger partial charge in [0.1, 0.15) is 5.78 Å². The molecule has 1 aromatic carbocycles. The Morgan fingerprint density at radius 2 is 2.06 bits per heavy atom. The van der Waals surface area contributed by atoms with E-state index in [0.29, 0.717) is 18.6 Å². The number of carbonyl (C=O) groups excluding carboxylic acids is 1. The van der Waals surface area contributed by atoms with Gasteiger partial charge < -0.3 is 0 Å². The molecule has 0 unspecified atom stereocenters. The van der Waals surface area contributed by atoms with Crippen LogP contribution in [0, 0.1) is 0 Å². The van der Waals surface area contributed by atoms with Gasteiger partial charge in [0.25, 0.3) is 0 Å². The highest BCUT2D eigenvalue weighted by Gasteiger charge is 2.33. The number of nitrogens with zero attached hydrogens (tertiary/aromatic N) is 1. The van der Waals surface area contributed by atoms with Crippen molar-refractivity contribution < 1.29 is 4.79 Å². The summed E-state index contributed by atoms with van der Waals surface area (Å²) in [6.07, 6.45) is 1.30. The summed E-state index contributed by atoms with van der Waals surface area (Å²) in [5.41, 5.74) is 1.07. The molecule has 1 heterocycles. The maximum atomic E-state index is 11.5. The van der Waals surface area contributed by atoms with Crippen molar-refractivity contribution in [3.8, 4) is 0 Å². The van der Waals surface area contributed by atoms with Gasteiger partial charge >= 0.3 is 0 Å². The number of rotatable bonds is 2. The number of ketones is 1. The van der Waals surface area contributed by atoms with Crippen molar-refractivity contribution in [3.63, 3.8) is 0 Å². The van der Waals surface area contributed by atoms with E-state index in [1.165, 1.54) is 0 Å². The summed E-state index contributed by atoms with van der Waals surface area (Å²) in [6, 6.07) is 7.91. The molecule has 3 heteroatoms. The van der Waals surface area contributed by atoms with Crippen LogP contribution in [-0.2, 0) is 11.3 Å². The first-order valence-electron chi connectivity index (χ1n) is 5.99. The third-order valence-corrected chi connectivity index (χ3v) is 3.83. The zero-order valence-corrected chi connectivity index (χ0v) is 11.1. The van der Waals surface area contributed by atoms with E-state index in [9.17, 15) is 4.79 Å². The first kappa shape index (κ1) is 12.6. The van der Waals surface area contributed by atoms with E-state index in [0.717, 1.165) is 23.7 Å². The van der Waals surface area contributed by atoms with Crippen molar-refractivity contribution in [1.82, 2.24) is 4.90 Å². The lowest BCUT2D eigenvalue weighted by atomic mass is 9.89. The molecule has 0 aliphatic carbocycles. The third kappa shape index (κ3) is 2.88. The molecule has 0 bridgehead atoms. The highest BCUT2D eigenvalue weighted by atomic mass is 35.5. The fraction of sp³-hybridized carbons (Fsp3) is 0.500. The summed E-state index contributed by atoms with van der Waals surface area (Å²) >= 11 is 6.17. The second kappa shape index (κ2) is 4.79. The zero-order valence-electron chi connectivity index (χ0n) is 10.4. The van der Waals surface area contributed by atoms with Crippen molar-refractivity contribution in [1.29, 1.82) is 0 Å². The molecule has 0 aromatic heterocycles. The van der Waals surface area contributed by atoms with E-state index in [2.05, 4.69) is 24.8 Å². The lowest BCUT2D eigenvalue weighted by Crippen LogP contribution is -2.49. The quantitative estimate of drug-likeness (QED) is 0.804. The van der Waals surface area contributed by atoms with Gasteiger partial charge in [0.2, 0.25) is 0 Å². The Hall–Kier alpha value is -0.860. The SMILES string of the molecule is CC1(C)CC(=O)CCN1Cc1ccccc1Cl. The van der Waals surface area contributed by atoms with Crippen molar-refractivity contribution in [2.75, 3.05) is 6.54 Å². The number of piperidine rings is 1. The van der Waals surface area contributed by atoms with Crippen molar-refractivity contribution in [3.05, 3.63) is 34.9 Å². The van der Waals surface area contributed by atoms with Crippen molar-refractivity contribution in [2.45, 2.75) is 38.8 Å². The molecule has 1 fully saturated rings. The highest BCUT2D eigenvalue weighted by Crippen LogP contribution is 2.28. The predicted octanol–water partition coefficient (Wildman–Crippen LogP) is 3.28. The van der Waals surface area contributed by atoms with Crippen LogP contribution in [0.25, 0.3) is 0 Å². The fourth-order valence-corrected chi connectivity index (χ4v) is 2.57. The molecule has 2 rings (SSSR count). The number of Topliss-reactive ketones (excluding diaryl/α,β-unsaturated/α-hetero) is 1. The van der Waals surface area contributed by atoms with E-state index >= 15 is 0 Å². The van der Waals surface area contributed by atoms with E-state index in [4.69, 9.17) is 11.6 Å². The molecule has 0 N–H and O–H groups in total. The number of carbonyl (C=O) groups is 1. The van der Waals surface area contributed by atoms with Crippen LogP contribution in [0.1, 0.15) is 32.3 Å². The summed E-state index contributed by atoms with van der Waals surface area (Å²) < 4.78 is 0. The van der Waals surface area contributed by atoms with Crippen LogP contribution in [0.3, 0.4) is 0 Å². The lowest BCUT2D eigenvalue weighted by molar-refractivity contribution is -0.125. The third-order valence-electron chi connectivity index (χ3n) is 3.47. The van der Waals surface area contributed by atoms with Gasteiger partial charge in [0.15, 0.2) is 0 Å². The van der Waals surface area contributed by atoms with Gasteiger partial charge in [-0.3, -0.25) is 9.69 Å². The Bertz CT molecular complexity index is 428. The standard InChI is InChI=1S/C14H18ClNO/c1-14(2)9-12(17)7-8-16(14)10-11-5-3-4-6-13(11)15/h3-6H,7-10H2,1-2H3. The molecular formula is C14H18ClNO. The Kier molecular flexibility index (Phi) is 3.55. The molecule has 0 amide bonds. The van der Waals surface area contributed by atoms with Gasteiger partial charge in [-0.05, 0) is 25.5 Å². The molecule has 0 spiro atoms. The zero-order chi connectivity index (χ0) is 12.5. The first-order chi connectivity index (χ1) is 7.99. The molecule has 1 saturated heterocycles. The maximum absolute atomic E-state index is 11.5. The fourth-order valence-electron chi connectivity index (χ4n) is 2.37. The molecule has 1 aliphatic rings. The normalized spacial score (nSPS) is 20.5. The molecule has 2 nitrogen and oxygen atoms in total. The van der Waals surface area contributed by atoms with E-state index in [-0.39, 0.29) is 5.54 Å². The molecular weight excluding hydrogens is 234 g/mol. The van der Waals surface area contributed by atoms with Gasteiger partial charge in [0, 0.05) is 36.5 Å². The smallest absolute Gasteiger partial charge is 0.136 e. The maximum Gasteiger partial charge on any atom is 0.136 e. The van der Waals surface area contributed by atoms with Gasteiger partial charge in [-0.2, -0.15) is 0 Å². The number of halogens is 1. The van der Waals surface area contributed by atoms with Crippen LogP contribution >= 0.6 is 11.6 Å². The second-order valence-corrected chi connectivity index (χ2v) is 5.70. The van der Waals surface area contributed by atoms with Crippen LogP contribution in [0.2, 0.25) is 5.02 Å². The average molecular weight is 252 g/mol. The van der Waals surface area contributed by atoms with Gasteiger partial charge in [-0.25, -0.2) is 0 Å². The average Bonchev–Trinajstić information content (AvgIpc) is 2.24. The van der Waals surface area contributed by atoms with Gasteiger partial charge in [-0.1, -0.05) is 29.8 Å². The Morgan fingerprint density at radius 3 is 2.71 bits per heavy atom. The van der Waals surface area contributed by atoms with Crippen LogP contribution in [-0.4, -0.2) is 22.8 Å². The van der Waals surface area contributed by atoms with E-state index < -0.39 is 0 Å². The molecule has 92 valence electrons. The Balaban J connectivity index is 2.14. The minimum atomic E-state index is -0.0610. The predicted molar refractivity (Wildman–Crippen MR) is 70.2 cm³/mol. The molecule has 1 aliphatic heterocycles. The molecule has 1 aromatic rings. The Labute approximate surface area is 108 Å². The highest BCUT2D eigenvalue weighted by molar-refractivity contribution is 6.31. The lowest BCUT2D eigenvalue weighted by Gasteiger charge is -2.41. The minimum absolute atomic E-state index is 0.0610. The van der Waals surface area contributed by atoms with Crippen LogP contribution < -0.4 is 0 Å². The minimum Gasteiger partial charge on any atom is -0.300 e. The molecule has 0 atom stereocenters. The van der Waals surface area contributed by atoms with Crippen molar-refractivity contribution >= 4 is 17.4 Å². The summed E-state index contributed by atoms with van der Waals surface area (Å²) in [5.74, 6) is 0.366. The molecule has 0 saturated carbocycles. The number of benzene rings is 1. The van der Waals surface area contributed by atoms with Crippen LogP contribution in [0.15, 0.2) is 24.3 Å². The Morgan fingerprint density at radius 1 is 1.35 bits per heavy atom. The summed E-state index contributed by atoms with van der Waals surface area (Å²) in [7, 11) is 0. The van der Waals surface area contributed by atoms with Gasteiger partial charge in [0.05, 0.1) is 0 Å². The summed E-state index contributed by atoms with van der Waals surface area (Å²) in [4.78, 5) is 13.8. The topological polar surface area (TPSA) is 20.3 Å². The first-order valence-corrected chi connectivity index (χ1v) is 6.37. The van der Waals surface area contributed by atoms with Gasteiger partial charge in [-0.15, -0.1) is 0 Å². The number of hydrogen-bond donors (Lipinski definition) is 0. The van der Waals surface area contributed by atoms with E-state index in [1.807, 2.05) is 18.2 Å². The number of likely N-dealkylation sites (tertiary alicyclic amines) is 1. The van der Waals surface area contributed by atoms with Crippen LogP contribution in [0.5, 0.6) is 0 Å². The molecule has 0 radical (unpaired) electrons. The number of hydrogen-bond acceptors (Lipinski definition) is 2. The van der Waals surface area contributed by atoms with Crippen molar-refractivity contribution in [2.24, 2.45) is 0 Å².